The highest BCUT2D eigenvalue weighted by molar-refractivity contribution is 7.99. The Bertz CT molecular complexity index is 1400. The molecule has 1 spiro atoms. The molecule has 5 rings (SSSR count). The number of unbranched alkanes of at least 4 members (excludes halogenated alkanes) is 2. The molecule has 2 aliphatic heterocycles. The molecule has 1 N–H and O–H groups in total. The smallest absolute Gasteiger partial charge is 0.337 e. The minimum absolute atomic E-state index is 0.231. The van der Waals surface area contributed by atoms with Crippen LogP contribution in [-0.4, -0.2) is 65.4 Å². The molecule has 3 aromatic rings. The first kappa shape index (κ1) is 25.8. The number of benzene rings is 2. The fourth-order valence-corrected chi connectivity index (χ4v) is 6.06. The van der Waals surface area contributed by atoms with E-state index in [2.05, 4.69) is 5.32 Å². The zero-order valence-electron chi connectivity index (χ0n) is 20.7. The van der Waals surface area contributed by atoms with Gasteiger partial charge in [0.05, 0.1) is 29.3 Å². The molecular weight excluding hydrogens is 512 g/mol. The molecule has 1 amide bonds. The molecule has 0 bridgehead atoms. The molecule has 0 atom stereocenters. The molecule has 0 radical (unpaired) electrons. The van der Waals surface area contributed by atoms with Crippen LogP contribution in [-0.2, 0) is 9.53 Å². The lowest BCUT2D eigenvalue weighted by molar-refractivity contribution is -0.146. The molecule has 0 unspecified atom stereocenters. The van der Waals surface area contributed by atoms with Crippen molar-refractivity contribution in [1.82, 2.24) is 19.8 Å². The summed E-state index contributed by atoms with van der Waals surface area (Å²) in [5.41, 5.74) is 1.53. The predicted molar refractivity (Wildman–Crippen MR) is 145 cm³/mol. The Kier molecular flexibility index (Phi) is 7.55. The predicted octanol–water partition coefficient (Wildman–Crippen LogP) is 3.91. The molecule has 1 aromatic heterocycles. The van der Waals surface area contributed by atoms with E-state index in [-0.39, 0.29) is 11.5 Å². The van der Waals surface area contributed by atoms with Gasteiger partial charge in [-0.25, -0.2) is 9.78 Å². The van der Waals surface area contributed by atoms with Crippen molar-refractivity contribution in [2.45, 2.75) is 30.8 Å². The third-order valence-electron chi connectivity index (χ3n) is 7.00. The van der Waals surface area contributed by atoms with E-state index in [4.69, 9.17) is 21.3 Å². The van der Waals surface area contributed by atoms with Crippen molar-refractivity contribution >= 4 is 46.1 Å². The lowest BCUT2D eigenvalue weighted by atomic mass is 9.74. The van der Waals surface area contributed by atoms with Crippen LogP contribution in [0.15, 0.2) is 52.4 Å². The number of aromatic nitrogens is 2. The van der Waals surface area contributed by atoms with E-state index in [0.717, 1.165) is 51.2 Å². The summed E-state index contributed by atoms with van der Waals surface area (Å²) in [5, 5.41) is 4.74. The lowest BCUT2D eigenvalue weighted by Gasteiger charge is -2.56. The number of ether oxygens (including phenoxy) is 1. The zero-order valence-corrected chi connectivity index (χ0v) is 22.2. The number of likely N-dealkylation sites (tertiary alicyclic amines) is 1. The SMILES string of the molecule is COC(=O)c1ccc2c(=O)n(-c3cccc(Cl)c3)c(SCCCCCC(=O)N3CC4(CNC4)C3)nc2c1. The van der Waals surface area contributed by atoms with Gasteiger partial charge in [0.1, 0.15) is 0 Å². The molecular formula is C27H29ClN4O4S. The Hall–Kier alpha value is -2.88. The first-order valence-corrected chi connectivity index (χ1v) is 13.8. The highest BCUT2D eigenvalue weighted by Gasteiger charge is 2.48. The maximum atomic E-state index is 13.5. The fraction of sp³-hybridized carbons (Fsp3) is 0.407. The van der Waals surface area contributed by atoms with Gasteiger partial charge in [-0.3, -0.25) is 14.2 Å². The minimum Gasteiger partial charge on any atom is -0.465 e. The van der Waals surface area contributed by atoms with Gasteiger partial charge in [-0.1, -0.05) is 35.9 Å². The highest BCUT2D eigenvalue weighted by atomic mass is 35.5. The largest absolute Gasteiger partial charge is 0.465 e. The van der Waals surface area contributed by atoms with Crippen molar-refractivity contribution in [3.63, 3.8) is 0 Å². The fourth-order valence-electron chi connectivity index (χ4n) is 4.87. The van der Waals surface area contributed by atoms with Gasteiger partial charge >= 0.3 is 5.97 Å². The van der Waals surface area contributed by atoms with Crippen molar-refractivity contribution in [1.29, 1.82) is 0 Å². The normalized spacial score (nSPS) is 15.9. The summed E-state index contributed by atoms with van der Waals surface area (Å²) < 4.78 is 6.38. The quantitative estimate of drug-likeness (QED) is 0.190. The van der Waals surface area contributed by atoms with E-state index >= 15 is 0 Å². The minimum atomic E-state index is -0.482. The van der Waals surface area contributed by atoms with Gasteiger partial charge in [0.15, 0.2) is 5.16 Å². The van der Waals surface area contributed by atoms with Gasteiger partial charge in [0.2, 0.25) is 5.91 Å². The van der Waals surface area contributed by atoms with Gasteiger partial charge in [0.25, 0.3) is 5.56 Å². The summed E-state index contributed by atoms with van der Waals surface area (Å²) in [6.07, 6.45) is 3.22. The number of nitrogens with zero attached hydrogens (tertiary/aromatic N) is 3. The molecule has 2 fully saturated rings. The van der Waals surface area contributed by atoms with Crippen LogP contribution >= 0.6 is 23.4 Å². The number of methoxy groups -OCH3 is 1. The first-order valence-electron chi connectivity index (χ1n) is 12.4. The standard InChI is InChI=1S/C27H29ClN4O4S/c1-36-25(35)18-9-10-21-22(12-18)30-26(32(24(21)34)20-7-5-6-19(28)13-20)37-11-4-2-3-8-23(33)31-16-27(17-31)14-29-15-27/h5-7,9-10,12-13,29H,2-4,8,11,14-17H2,1H3. The Morgan fingerprint density at radius 1 is 1.14 bits per heavy atom. The Labute approximate surface area is 224 Å². The maximum Gasteiger partial charge on any atom is 0.337 e. The number of esters is 1. The molecule has 0 saturated carbocycles. The van der Waals surface area contributed by atoms with Crippen LogP contribution in [0.5, 0.6) is 0 Å². The molecule has 2 aromatic carbocycles. The third-order valence-corrected chi connectivity index (χ3v) is 8.26. The van der Waals surface area contributed by atoms with Gasteiger partial charge < -0.3 is 15.0 Å². The number of carbonyl (C=O) groups is 2. The second-order valence-corrected chi connectivity index (χ2v) is 11.2. The van der Waals surface area contributed by atoms with E-state index in [1.165, 1.54) is 18.9 Å². The van der Waals surface area contributed by atoms with E-state index in [1.54, 1.807) is 41.0 Å². The summed E-state index contributed by atoms with van der Waals surface area (Å²) in [6, 6.07) is 11.8. The average molecular weight is 541 g/mol. The van der Waals surface area contributed by atoms with Crippen LogP contribution in [0.2, 0.25) is 5.02 Å². The molecule has 0 aliphatic carbocycles. The number of carbonyl (C=O) groups excluding carboxylic acids is 2. The number of fused-ring (bicyclic) bond motifs is 1. The lowest BCUT2D eigenvalue weighted by Crippen LogP contribution is -2.71. The summed E-state index contributed by atoms with van der Waals surface area (Å²) in [4.78, 5) is 44.6. The molecule has 37 heavy (non-hydrogen) atoms. The first-order chi connectivity index (χ1) is 17.9. The average Bonchev–Trinajstić information content (AvgIpc) is 2.83. The summed E-state index contributed by atoms with van der Waals surface area (Å²) in [6.45, 7) is 3.84. The van der Waals surface area contributed by atoms with Gasteiger partial charge in [0, 0.05) is 48.8 Å². The Morgan fingerprint density at radius 3 is 2.65 bits per heavy atom. The van der Waals surface area contributed by atoms with Crippen molar-refractivity contribution in [3.8, 4) is 5.69 Å². The van der Waals surface area contributed by atoms with Gasteiger partial charge in [-0.05, 0) is 49.2 Å². The number of amides is 1. The topological polar surface area (TPSA) is 93.5 Å². The van der Waals surface area contributed by atoms with Crippen LogP contribution < -0.4 is 10.9 Å². The number of hydrogen-bond donors (Lipinski definition) is 1. The maximum absolute atomic E-state index is 13.5. The van der Waals surface area contributed by atoms with Crippen LogP contribution in [0.25, 0.3) is 16.6 Å². The Morgan fingerprint density at radius 2 is 1.95 bits per heavy atom. The number of halogens is 1. The monoisotopic (exact) mass is 540 g/mol. The highest BCUT2D eigenvalue weighted by Crippen LogP contribution is 2.34. The second kappa shape index (κ2) is 10.8. The van der Waals surface area contributed by atoms with Crippen LogP contribution in [0, 0.1) is 5.41 Å². The molecule has 2 aliphatic rings. The van der Waals surface area contributed by atoms with Crippen molar-refractivity contribution < 1.29 is 14.3 Å². The molecule has 8 nitrogen and oxygen atoms in total. The third kappa shape index (κ3) is 5.39. The van der Waals surface area contributed by atoms with Crippen LogP contribution in [0.4, 0.5) is 0 Å². The van der Waals surface area contributed by atoms with E-state index in [9.17, 15) is 14.4 Å². The number of rotatable bonds is 9. The number of hydrogen-bond acceptors (Lipinski definition) is 7. The number of thioether (sulfide) groups is 1. The number of nitrogens with one attached hydrogen (secondary N) is 1. The summed E-state index contributed by atoms with van der Waals surface area (Å²) >= 11 is 7.69. The second-order valence-electron chi connectivity index (χ2n) is 9.75. The van der Waals surface area contributed by atoms with E-state index in [1.807, 2.05) is 11.0 Å². The summed E-state index contributed by atoms with van der Waals surface area (Å²) in [7, 11) is 1.32. The molecule has 194 valence electrons. The Balaban J connectivity index is 1.26. The van der Waals surface area contributed by atoms with Crippen LogP contribution in [0.3, 0.4) is 0 Å². The van der Waals surface area contributed by atoms with E-state index < -0.39 is 5.97 Å². The molecule has 2 saturated heterocycles. The van der Waals surface area contributed by atoms with Crippen LogP contribution in [0.1, 0.15) is 36.0 Å². The summed E-state index contributed by atoms with van der Waals surface area (Å²) in [5.74, 6) is 0.504. The van der Waals surface area contributed by atoms with Gasteiger partial charge in [-0.2, -0.15) is 0 Å². The molecule has 3 heterocycles. The van der Waals surface area contributed by atoms with Crippen molar-refractivity contribution in [3.05, 3.63) is 63.4 Å². The molecule has 10 heteroatoms. The van der Waals surface area contributed by atoms with E-state index in [0.29, 0.717) is 44.2 Å². The van der Waals surface area contributed by atoms with Crippen molar-refractivity contribution in [2.24, 2.45) is 5.41 Å². The van der Waals surface area contributed by atoms with Gasteiger partial charge in [-0.15, -0.1) is 0 Å². The zero-order chi connectivity index (χ0) is 26.0. The van der Waals surface area contributed by atoms with Crippen molar-refractivity contribution in [2.75, 3.05) is 39.0 Å².